The molecule has 87 heavy (non-hydrogen) atoms. The molecule has 0 aromatic heterocycles. The smallest absolute Gasteiger partial charge is 0.512 e. The molecule has 12 nitrogen and oxygen atoms in total. The predicted molar refractivity (Wildman–Crippen MR) is 344 cm³/mol. The second-order valence-corrected chi connectivity index (χ2v) is 18.1. The maximum absolute atomic E-state index is 6.25. The number of benzene rings is 6. The summed E-state index contributed by atoms with van der Waals surface area (Å²) in [5, 5.41) is 37.5. The largest absolute Gasteiger partial charge is 6.00 e. The minimum absolute atomic E-state index is 0. The first kappa shape index (κ1) is 82.5. The van der Waals surface area contributed by atoms with Crippen LogP contribution in [0.2, 0.25) is 0 Å². The molecule has 15 heteroatoms. The Bertz CT molecular complexity index is 2860. The minimum atomic E-state index is 0. The van der Waals surface area contributed by atoms with E-state index >= 15 is 0 Å². The van der Waals surface area contributed by atoms with Crippen LogP contribution in [0.5, 0.6) is 0 Å². The Balaban J connectivity index is -0.00000134. The van der Waals surface area contributed by atoms with Gasteiger partial charge in [-0.1, -0.05) is 84.9 Å². The fourth-order valence-corrected chi connectivity index (χ4v) is 10.4. The van der Waals surface area contributed by atoms with Crippen molar-refractivity contribution in [1.82, 2.24) is 0 Å². The van der Waals surface area contributed by atoms with Gasteiger partial charge in [-0.05, 0) is 198 Å². The number of nitrogens with zero attached hydrogens (tertiary/aromatic N) is 10. The monoisotopic (exact) mass is 1290 g/mol. The van der Waals surface area contributed by atoms with Gasteiger partial charge in [0.05, 0.1) is 11.1 Å². The van der Waals surface area contributed by atoms with E-state index in [4.69, 9.17) is 71.0 Å². The fourth-order valence-electron chi connectivity index (χ4n) is 10.4. The number of hydrogen-bond acceptors (Lipinski definition) is 10. The summed E-state index contributed by atoms with van der Waals surface area (Å²) >= 11 is 0. The van der Waals surface area contributed by atoms with Gasteiger partial charge in [-0.25, -0.2) is 9.98 Å². The molecule has 0 unspecified atom stereocenters. The van der Waals surface area contributed by atoms with Crippen LogP contribution in [0.15, 0.2) is 170 Å². The van der Waals surface area contributed by atoms with Crippen LogP contribution in [0.1, 0.15) is 114 Å². The van der Waals surface area contributed by atoms with Gasteiger partial charge in [-0.3, -0.25) is 0 Å². The van der Waals surface area contributed by atoms with Crippen LogP contribution in [-0.2, 0) is 51.2 Å². The minimum Gasteiger partial charge on any atom is -0.512 e. The molecule has 0 aliphatic heterocycles. The van der Waals surface area contributed by atoms with Crippen LogP contribution < -0.4 is 29.6 Å². The third-order valence-electron chi connectivity index (χ3n) is 14.3. The topological polar surface area (TPSA) is 184 Å². The van der Waals surface area contributed by atoms with Crippen LogP contribution in [0, 0.1) is 71.0 Å². The van der Waals surface area contributed by atoms with Crippen molar-refractivity contribution < 1.29 is 61.2 Å². The van der Waals surface area contributed by atoms with E-state index in [-0.39, 0.29) is 51.2 Å². The molecule has 0 saturated carbocycles. The first-order chi connectivity index (χ1) is 41.3. The molecule has 6 aromatic rings. The van der Waals surface area contributed by atoms with Crippen molar-refractivity contribution in [3.8, 4) is 0 Å². The molecular weight excluding hydrogens is 1220 g/mol. The van der Waals surface area contributed by atoms with E-state index in [1.807, 2.05) is 0 Å². The Labute approximate surface area is 553 Å². The van der Waals surface area contributed by atoms with Crippen molar-refractivity contribution in [2.24, 2.45) is 0 Å². The normalized spacial score (nSPS) is 11.4. The third kappa shape index (κ3) is 22.0. The van der Waals surface area contributed by atoms with E-state index in [1.54, 1.807) is 0 Å². The van der Waals surface area contributed by atoms with Crippen LogP contribution in [0.4, 0.5) is 22.7 Å². The molecule has 456 valence electrons. The average Bonchev–Trinajstić information content (AvgIpc) is 1.62. The van der Waals surface area contributed by atoms with Crippen molar-refractivity contribution in [3.05, 3.63) is 254 Å². The first-order valence-electron chi connectivity index (χ1n) is 28.3. The van der Waals surface area contributed by atoms with E-state index < -0.39 is 0 Å². The summed E-state index contributed by atoms with van der Waals surface area (Å²) in [4.78, 5) is 16.7. The molecule has 2 aliphatic carbocycles. The Morgan fingerprint density at radius 1 is 0.299 bits per heavy atom. The van der Waals surface area contributed by atoms with E-state index in [0.717, 1.165) is 65.4 Å². The molecule has 0 bridgehead atoms. The van der Waals surface area contributed by atoms with E-state index in [2.05, 4.69) is 269 Å². The number of fused-ring (bicyclic) bond motifs is 2. The maximum atomic E-state index is 6.25. The molecule has 2 N–H and O–H groups in total. The number of hydrogen-bond donors (Lipinski definition) is 2. The number of anilines is 4. The van der Waals surface area contributed by atoms with Gasteiger partial charge in [-0.2, -0.15) is 0 Å². The van der Waals surface area contributed by atoms with E-state index in [9.17, 15) is 0 Å². The second kappa shape index (κ2) is 47.6. The SMILES string of the molecule is CC[NH+]=C1C=CC(=C(c2ccc(N(CC)CC)cc2)c2ccc(N(CC)CC)cc2)c2ccccc21.CC[NH+]=C1C=CC(=C(c2ccc(N(CC)CC)cc2)c2ccc(N(CC)CC)cc2)c2ccccc21.[C-]#N.[C-]#N.[C-]#N.[C-]#N.[C-]#N.[C-]#N.[Cu].[Cu].[Fe+6]. The zero-order valence-electron chi connectivity index (χ0n) is 51.7. The Morgan fingerprint density at radius 2 is 0.494 bits per heavy atom. The Hall–Kier alpha value is -8.68. The van der Waals surface area contributed by atoms with Gasteiger partial charge in [0.15, 0.2) is 0 Å². The summed E-state index contributed by atoms with van der Waals surface area (Å²) in [6.45, 7) is 60.4. The summed E-state index contributed by atoms with van der Waals surface area (Å²) in [5.74, 6) is 0. The zero-order valence-corrected chi connectivity index (χ0v) is 54.7. The average molecular weight is 1300 g/mol. The van der Waals surface area contributed by atoms with Crippen LogP contribution in [-0.4, -0.2) is 76.9 Å². The summed E-state index contributed by atoms with van der Waals surface area (Å²) < 4.78 is 0. The zero-order chi connectivity index (χ0) is 63.0. The van der Waals surface area contributed by atoms with E-state index in [1.165, 1.54) is 101 Å². The quantitative estimate of drug-likeness (QED) is 0.0620. The Kier molecular flexibility index (Phi) is 45.1. The summed E-state index contributed by atoms with van der Waals surface area (Å²) in [6.07, 6.45) is 9.03. The summed E-state index contributed by atoms with van der Waals surface area (Å²) in [7, 11) is 0. The molecule has 6 aromatic carbocycles. The van der Waals surface area contributed by atoms with Gasteiger partial charge < -0.3 is 90.6 Å². The van der Waals surface area contributed by atoms with E-state index in [0.29, 0.717) is 0 Å². The van der Waals surface area contributed by atoms with Crippen LogP contribution >= 0.6 is 0 Å². The summed E-state index contributed by atoms with van der Waals surface area (Å²) in [5.41, 5.74) is 22.5. The second-order valence-electron chi connectivity index (χ2n) is 18.1. The molecule has 8 rings (SSSR count). The van der Waals surface area contributed by atoms with Gasteiger partial charge in [0.1, 0.15) is 13.1 Å². The van der Waals surface area contributed by atoms with Gasteiger partial charge in [-0.15, -0.1) is 0 Å². The molecule has 0 amide bonds. The fraction of sp³-hybridized carbons (Fsp3) is 0.278. The molecule has 2 aliphatic rings. The molecule has 0 fully saturated rings. The third-order valence-corrected chi connectivity index (χ3v) is 14.3. The van der Waals surface area contributed by atoms with Crippen LogP contribution in [0.25, 0.3) is 22.3 Å². The number of nitrogens with one attached hydrogen (secondary N) is 2. The standard InChI is InChI=1S/2C33H39N3.6CN.2Cu.Fe/c2*1-6-34-32-24-23-31(29-13-11-12-14-30(29)32)33(25-15-19-27(20-16-25)35(7-2)8-3)26-17-21-28(22-18-26)36(9-4)10-5;6*1-2;;;/h2*11-24H,6-10H2,1-5H3;;;;;;;;;/q;;6*-1;;;+6/p+2. The number of allylic oxidation sites excluding steroid dienone is 6. The summed E-state index contributed by atoms with van der Waals surface area (Å²) in [6, 6.07) is 53.9. The van der Waals surface area contributed by atoms with Gasteiger partial charge in [0.2, 0.25) is 11.4 Å². The van der Waals surface area contributed by atoms with Gasteiger partial charge in [0.25, 0.3) is 0 Å². The maximum Gasteiger partial charge on any atom is 6.00 e. The van der Waals surface area contributed by atoms with Gasteiger partial charge >= 0.3 is 17.1 Å². The van der Waals surface area contributed by atoms with Gasteiger partial charge in [0, 0.05) is 121 Å². The Morgan fingerprint density at radius 3 is 0.678 bits per heavy atom. The van der Waals surface area contributed by atoms with Crippen molar-refractivity contribution in [1.29, 1.82) is 31.6 Å². The van der Waals surface area contributed by atoms with Crippen molar-refractivity contribution in [2.45, 2.75) is 69.2 Å². The number of rotatable bonds is 18. The van der Waals surface area contributed by atoms with Crippen molar-refractivity contribution in [2.75, 3.05) is 85.0 Å². The molecule has 0 spiro atoms. The molecule has 0 saturated heterocycles. The first-order valence-corrected chi connectivity index (χ1v) is 28.3. The van der Waals surface area contributed by atoms with Crippen molar-refractivity contribution >= 4 is 56.5 Å². The van der Waals surface area contributed by atoms with Crippen molar-refractivity contribution in [3.63, 3.8) is 0 Å². The molecular formula is C72H80Cu2FeN12+2. The molecule has 0 atom stereocenters. The molecule has 0 heterocycles. The van der Waals surface area contributed by atoms with Crippen LogP contribution in [0.3, 0.4) is 0 Å². The molecule has 2 radical (unpaired) electrons. The predicted octanol–water partition coefficient (Wildman–Crippen LogP) is 12.2.